The fourth-order valence-electron chi connectivity index (χ4n) is 4.03. The van der Waals surface area contributed by atoms with E-state index in [0.29, 0.717) is 49.3 Å². The van der Waals surface area contributed by atoms with E-state index in [2.05, 4.69) is 20.7 Å². The highest BCUT2D eigenvalue weighted by molar-refractivity contribution is 6.36. The molecule has 1 aromatic heterocycles. The summed E-state index contributed by atoms with van der Waals surface area (Å²) in [5.41, 5.74) is 3.29. The number of ether oxygens (including phenoxy) is 1. The Morgan fingerprint density at radius 3 is 2.53 bits per heavy atom. The molecule has 7 nitrogen and oxygen atoms in total. The first kappa shape index (κ1) is 24.2. The highest BCUT2D eigenvalue weighted by atomic mass is 35.5. The number of nitrogens with zero attached hydrogens (tertiary/aromatic N) is 3. The van der Waals surface area contributed by atoms with Crippen LogP contribution < -0.4 is 15.4 Å². The Morgan fingerprint density at radius 1 is 1.06 bits per heavy atom. The molecule has 0 unspecified atom stereocenters. The van der Waals surface area contributed by atoms with Crippen molar-refractivity contribution in [1.29, 1.82) is 0 Å². The lowest BCUT2D eigenvalue weighted by Crippen LogP contribution is -2.31. The lowest BCUT2D eigenvalue weighted by molar-refractivity contribution is -0.113. The number of benzene rings is 3. The Bertz CT molecular complexity index is 1450. The monoisotopic (exact) mass is 539 g/mol. The molecule has 3 aromatic carbocycles. The molecular weight excluding hydrogens is 521 g/mol. The van der Waals surface area contributed by atoms with Crippen LogP contribution >= 0.6 is 34.8 Å². The molecule has 0 saturated heterocycles. The standard InChI is InChI=1S/C26H20Cl3N5O2/c1-15-23(25(35)33-18-10-8-17(27)9-11-18)24(34-26(32-15)30-14-31-34)16-4-2-5-19(12-16)36-13-20-21(28)6-3-7-22(20)29/h2-12,14,24H,13H2,1H3,(H,33,35)(H,30,31,32)/t24-/m0/s1. The number of hydrogen-bond donors (Lipinski definition) is 2. The number of rotatable bonds is 6. The molecule has 2 heterocycles. The van der Waals surface area contributed by atoms with E-state index >= 15 is 0 Å². The number of hydrogen-bond acceptors (Lipinski definition) is 5. The largest absolute Gasteiger partial charge is 0.489 e. The van der Waals surface area contributed by atoms with E-state index in [1.165, 1.54) is 6.33 Å². The smallest absolute Gasteiger partial charge is 0.255 e. The highest BCUT2D eigenvalue weighted by Gasteiger charge is 2.33. The summed E-state index contributed by atoms with van der Waals surface area (Å²) in [6.07, 6.45) is 1.45. The van der Waals surface area contributed by atoms with Gasteiger partial charge in [0.1, 0.15) is 24.7 Å². The number of halogens is 3. The molecule has 36 heavy (non-hydrogen) atoms. The first-order valence-corrected chi connectivity index (χ1v) is 12.1. The summed E-state index contributed by atoms with van der Waals surface area (Å²) in [5.74, 6) is 0.858. The number of nitrogens with one attached hydrogen (secondary N) is 2. The van der Waals surface area contributed by atoms with Gasteiger partial charge in [-0.15, -0.1) is 0 Å². The molecule has 182 valence electrons. The molecule has 1 aliphatic rings. The second kappa shape index (κ2) is 10.2. The summed E-state index contributed by atoms with van der Waals surface area (Å²) >= 11 is 18.6. The molecule has 4 aromatic rings. The van der Waals surface area contributed by atoms with Crippen molar-refractivity contribution in [2.24, 2.45) is 0 Å². The van der Waals surface area contributed by atoms with Crippen LogP contribution in [0.2, 0.25) is 15.1 Å². The van der Waals surface area contributed by atoms with Crippen LogP contribution in [-0.2, 0) is 11.4 Å². The molecule has 0 aliphatic carbocycles. The van der Waals surface area contributed by atoms with E-state index in [-0.39, 0.29) is 12.5 Å². The minimum atomic E-state index is -0.538. The number of aromatic nitrogens is 3. The number of anilines is 2. The second-order valence-corrected chi connectivity index (χ2v) is 9.37. The fourth-order valence-corrected chi connectivity index (χ4v) is 4.66. The lowest BCUT2D eigenvalue weighted by atomic mass is 9.95. The first-order valence-electron chi connectivity index (χ1n) is 11.0. The fraction of sp³-hybridized carbons (Fsp3) is 0.115. The number of carbonyl (C=O) groups excluding carboxylic acids is 1. The van der Waals surface area contributed by atoms with Gasteiger partial charge in [-0.2, -0.15) is 10.1 Å². The maximum Gasteiger partial charge on any atom is 0.255 e. The van der Waals surface area contributed by atoms with E-state index in [4.69, 9.17) is 39.5 Å². The molecule has 1 atom stereocenters. The van der Waals surface area contributed by atoms with Gasteiger partial charge in [-0.1, -0.05) is 53.0 Å². The number of amides is 1. The minimum Gasteiger partial charge on any atom is -0.489 e. The third-order valence-electron chi connectivity index (χ3n) is 5.76. The summed E-state index contributed by atoms with van der Waals surface area (Å²) in [4.78, 5) is 17.8. The van der Waals surface area contributed by atoms with Crippen molar-refractivity contribution in [2.75, 3.05) is 10.6 Å². The topological polar surface area (TPSA) is 81.1 Å². The van der Waals surface area contributed by atoms with Crippen molar-refractivity contribution in [3.8, 4) is 5.75 Å². The van der Waals surface area contributed by atoms with Crippen molar-refractivity contribution >= 4 is 52.3 Å². The first-order chi connectivity index (χ1) is 17.4. The molecule has 0 bridgehead atoms. The quantitative estimate of drug-likeness (QED) is 0.283. The molecule has 1 aliphatic heterocycles. The van der Waals surface area contributed by atoms with Gasteiger partial charge >= 0.3 is 0 Å². The van der Waals surface area contributed by atoms with Gasteiger partial charge in [0.05, 0.1) is 5.57 Å². The number of carbonyl (C=O) groups is 1. The second-order valence-electron chi connectivity index (χ2n) is 8.12. The number of allylic oxidation sites excluding steroid dienone is 1. The minimum absolute atomic E-state index is 0.196. The van der Waals surface area contributed by atoms with Crippen LogP contribution in [0.5, 0.6) is 5.75 Å². The average molecular weight is 541 g/mol. The van der Waals surface area contributed by atoms with Gasteiger partial charge in [-0.25, -0.2) is 4.68 Å². The van der Waals surface area contributed by atoms with E-state index in [9.17, 15) is 4.79 Å². The van der Waals surface area contributed by atoms with Crippen molar-refractivity contribution in [3.05, 3.63) is 111 Å². The van der Waals surface area contributed by atoms with Crippen molar-refractivity contribution in [2.45, 2.75) is 19.6 Å². The molecule has 0 saturated carbocycles. The Kier molecular flexibility index (Phi) is 6.87. The third kappa shape index (κ3) is 4.91. The predicted octanol–water partition coefficient (Wildman–Crippen LogP) is 6.74. The van der Waals surface area contributed by atoms with E-state index in [1.807, 2.05) is 31.2 Å². The molecule has 1 amide bonds. The van der Waals surface area contributed by atoms with Crippen LogP contribution in [0.3, 0.4) is 0 Å². The zero-order valence-corrected chi connectivity index (χ0v) is 21.3. The summed E-state index contributed by atoms with van der Waals surface area (Å²) in [5, 5.41) is 12.1. The van der Waals surface area contributed by atoms with E-state index < -0.39 is 6.04 Å². The average Bonchev–Trinajstić information content (AvgIpc) is 3.32. The number of fused-ring (bicyclic) bond motifs is 1. The van der Waals surface area contributed by atoms with Crippen LogP contribution in [0.4, 0.5) is 11.6 Å². The van der Waals surface area contributed by atoms with Gasteiger partial charge in [0, 0.05) is 32.0 Å². The summed E-state index contributed by atoms with van der Waals surface area (Å²) < 4.78 is 7.70. The molecule has 10 heteroatoms. The van der Waals surface area contributed by atoms with Gasteiger partial charge in [-0.05, 0) is 61.0 Å². The zero-order chi connectivity index (χ0) is 25.2. The molecule has 0 fully saturated rings. The predicted molar refractivity (Wildman–Crippen MR) is 142 cm³/mol. The maximum atomic E-state index is 13.5. The van der Waals surface area contributed by atoms with Crippen molar-refractivity contribution in [1.82, 2.24) is 14.8 Å². The van der Waals surface area contributed by atoms with E-state index in [1.54, 1.807) is 47.1 Å². The molecule has 2 N–H and O–H groups in total. The SMILES string of the molecule is CC1=C(C(=O)Nc2ccc(Cl)cc2)[C@H](c2cccc(OCc3c(Cl)cccc3Cl)c2)n2ncnc2N1. The van der Waals surface area contributed by atoms with E-state index in [0.717, 1.165) is 5.56 Å². The maximum absolute atomic E-state index is 13.5. The molecule has 0 radical (unpaired) electrons. The lowest BCUT2D eigenvalue weighted by Gasteiger charge is -2.29. The molecular formula is C26H20Cl3N5O2. The van der Waals surface area contributed by atoms with Crippen LogP contribution in [0.25, 0.3) is 0 Å². The Labute approximate surface area is 222 Å². The van der Waals surface area contributed by atoms with Crippen LogP contribution in [0.15, 0.2) is 84.3 Å². The van der Waals surface area contributed by atoms with Crippen LogP contribution in [0, 0.1) is 0 Å². The molecule has 5 rings (SSSR count). The highest BCUT2D eigenvalue weighted by Crippen LogP contribution is 2.36. The zero-order valence-electron chi connectivity index (χ0n) is 19.0. The Hall–Kier alpha value is -3.52. The van der Waals surface area contributed by atoms with Crippen molar-refractivity contribution < 1.29 is 9.53 Å². The van der Waals surface area contributed by atoms with Crippen molar-refractivity contribution in [3.63, 3.8) is 0 Å². The van der Waals surface area contributed by atoms with Crippen LogP contribution in [-0.4, -0.2) is 20.7 Å². The Balaban J connectivity index is 1.46. The molecule has 0 spiro atoms. The Morgan fingerprint density at radius 2 is 1.78 bits per heavy atom. The van der Waals surface area contributed by atoms with Gasteiger partial charge in [-0.3, -0.25) is 4.79 Å². The van der Waals surface area contributed by atoms with Crippen LogP contribution in [0.1, 0.15) is 24.1 Å². The van der Waals surface area contributed by atoms with Gasteiger partial charge in [0.25, 0.3) is 5.91 Å². The summed E-state index contributed by atoms with van der Waals surface area (Å²) in [7, 11) is 0. The summed E-state index contributed by atoms with van der Waals surface area (Å²) in [6, 6.07) is 19.2. The van der Waals surface area contributed by atoms with Gasteiger partial charge in [0.2, 0.25) is 5.95 Å². The summed E-state index contributed by atoms with van der Waals surface area (Å²) in [6.45, 7) is 2.03. The third-order valence-corrected chi connectivity index (χ3v) is 6.72. The van der Waals surface area contributed by atoms with Gasteiger partial charge in [0.15, 0.2) is 0 Å². The van der Waals surface area contributed by atoms with Gasteiger partial charge < -0.3 is 15.4 Å². The normalized spacial score (nSPS) is 14.7.